The Labute approximate surface area is 300 Å². The number of allylic oxidation sites excluding steroid dienone is 5. The van der Waals surface area contributed by atoms with Gasteiger partial charge in [0.25, 0.3) is 0 Å². The summed E-state index contributed by atoms with van der Waals surface area (Å²) in [6.45, 7) is 0. The molecule has 0 spiro atoms. The third-order valence-corrected chi connectivity index (χ3v) is 10.4. The standard InChI is InChI=1S/C37H29N3O9S3/c41-50(42,43)34-19-13-31(14-20-34)38-28-7-1-25(2-8-28)37(26-3-9-29(10-4-26)39-32-15-21-35(22-16-32)51(44,45)46)27-5-11-30(12-6-27)40-33-17-23-36(24-18-33)52(47,48)49/h1-24,38-39H,(H,41,42,43)(H,44,45,46)(H,47,48,49)/p-2. The van der Waals surface area contributed by atoms with Gasteiger partial charge in [0.15, 0.2) is 0 Å². The van der Waals surface area contributed by atoms with Crippen LogP contribution in [0.3, 0.4) is 0 Å². The molecule has 0 bridgehead atoms. The molecule has 0 saturated carbocycles. The zero-order valence-electron chi connectivity index (χ0n) is 26.8. The Morgan fingerprint density at radius 2 is 0.731 bits per heavy atom. The zero-order chi connectivity index (χ0) is 37.1. The van der Waals surface area contributed by atoms with Crippen LogP contribution in [0.25, 0.3) is 5.57 Å². The molecule has 0 atom stereocenters. The van der Waals surface area contributed by atoms with E-state index in [1.807, 2.05) is 72.8 Å². The van der Waals surface area contributed by atoms with Crippen molar-refractivity contribution >= 4 is 70.1 Å². The minimum absolute atomic E-state index is 0.324. The normalized spacial score (nSPS) is 13.1. The Balaban J connectivity index is 1.29. The molecule has 0 aromatic heterocycles. The van der Waals surface area contributed by atoms with Gasteiger partial charge in [0.2, 0.25) is 11.4 Å². The first-order valence-electron chi connectivity index (χ1n) is 15.3. The van der Waals surface area contributed by atoms with Crippen molar-refractivity contribution in [1.82, 2.24) is 0 Å². The maximum atomic E-state index is 11.3. The lowest BCUT2D eigenvalue weighted by molar-refractivity contribution is -0.351. The average Bonchev–Trinajstić information content (AvgIpc) is 3.10. The molecule has 0 unspecified atom stereocenters. The first kappa shape index (κ1) is 36.1. The predicted octanol–water partition coefficient (Wildman–Crippen LogP) is 4.67. The Hall–Kier alpha value is -5.68. The van der Waals surface area contributed by atoms with Gasteiger partial charge in [-0.3, -0.25) is 0 Å². The van der Waals surface area contributed by atoms with Gasteiger partial charge < -0.3 is 24.3 Å². The number of hydrogen-bond donors (Lipinski definition) is 3. The van der Waals surface area contributed by atoms with E-state index in [1.54, 1.807) is 0 Å². The summed E-state index contributed by atoms with van der Waals surface area (Å²) in [5.41, 5.74) is 7.38. The van der Waals surface area contributed by atoms with Crippen molar-refractivity contribution in [3.8, 4) is 0 Å². The highest BCUT2D eigenvalue weighted by molar-refractivity contribution is 7.86. The van der Waals surface area contributed by atoms with Crippen LogP contribution in [0.2, 0.25) is 0 Å². The fraction of sp³-hybridized carbons (Fsp3) is 0. The summed E-state index contributed by atoms with van der Waals surface area (Å²) in [4.78, 5) is 2.22. The molecule has 0 amide bonds. The van der Waals surface area contributed by atoms with E-state index in [-0.39, 0.29) is 14.7 Å². The molecule has 0 saturated heterocycles. The average molecular weight is 754 g/mol. The molecule has 5 aromatic carbocycles. The van der Waals surface area contributed by atoms with Crippen LogP contribution in [0.5, 0.6) is 0 Å². The van der Waals surface area contributed by atoms with Crippen LogP contribution >= 0.6 is 0 Å². The van der Waals surface area contributed by atoms with Gasteiger partial charge in [-0.25, -0.2) is 30.2 Å². The Kier molecular flexibility index (Phi) is 10.1. The fourth-order valence-electron chi connectivity index (χ4n) is 5.28. The molecular formula is C37H27N3O9S3-2. The smallest absolute Gasteiger partial charge is 0.204 e. The summed E-state index contributed by atoms with van der Waals surface area (Å²) >= 11 is 0. The highest BCUT2D eigenvalue weighted by atomic mass is 32.2. The van der Waals surface area contributed by atoms with Crippen molar-refractivity contribution in [3.05, 3.63) is 162 Å². The minimum atomic E-state index is -4.56. The van der Waals surface area contributed by atoms with Crippen LogP contribution in [0, 0.1) is 0 Å². The summed E-state index contributed by atoms with van der Waals surface area (Å²) in [7, 11) is -13.7. The van der Waals surface area contributed by atoms with Crippen molar-refractivity contribution in [1.29, 1.82) is 0 Å². The highest BCUT2D eigenvalue weighted by Gasteiger charge is 2.14. The molecule has 5 aromatic rings. The third-order valence-electron chi connectivity index (χ3n) is 7.82. The summed E-state index contributed by atoms with van der Waals surface area (Å²) < 4.78 is 102. The number of rotatable bonds is 10. The monoisotopic (exact) mass is 753 g/mol. The van der Waals surface area contributed by atoms with Gasteiger partial charge in [-0.15, -0.1) is 0 Å². The molecule has 0 fully saturated rings. The summed E-state index contributed by atoms with van der Waals surface area (Å²) in [5.74, 6) is 0. The van der Waals surface area contributed by atoms with Gasteiger partial charge >= 0.3 is 0 Å². The second-order valence-corrected chi connectivity index (χ2v) is 15.6. The molecule has 3 N–H and O–H groups in total. The maximum Gasteiger partial charge on any atom is 0.204 e. The highest BCUT2D eigenvalue weighted by Crippen LogP contribution is 2.32. The van der Waals surface area contributed by atoms with E-state index in [1.165, 1.54) is 72.8 Å². The van der Waals surface area contributed by atoms with Crippen LogP contribution in [0.4, 0.5) is 28.4 Å². The van der Waals surface area contributed by atoms with Crippen LogP contribution < -0.4 is 15.6 Å². The van der Waals surface area contributed by atoms with E-state index in [0.29, 0.717) is 34.1 Å². The van der Waals surface area contributed by atoms with Gasteiger partial charge in [-0.05, 0) is 119 Å². The second kappa shape index (κ2) is 14.5. The number of benzene rings is 5. The molecule has 1 aliphatic rings. The lowest BCUT2D eigenvalue weighted by Gasteiger charge is -2.16. The van der Waals surface area contributed by atoms with Crippen molar-refractivity contribution < 1.29 is 43.9 Å². The minimum Gasteiger partial charge on any atom is -0.744 e. The summed E-state index contributed by atoms with van der Waals surface area (Å²) in [6, 6.07) is 31.5. The van der Waals surface area contributed by atoms with E-state index in [0.717, 1.165) is 22.3 Å². The van der Waals surface area contributed by atoms with Crippen LogP contribution in [-0.2, 0) is 30.4 Å². The molecule has 1 aliphatic carbocycles. The molecule has 6 rings (SSSR count). The predicted molar refractivity (Wildman–Crippen MR) is 193 cm³/mol. The Bertz CT molecular complexity index is 2440. The maximum absolute atomic E-state index is 11.3. The van der Waals surface area contributed by atoms with Crippen molar-refractivity contribution in [2.45, 2.75) is 14.7 Å². The lowest BCUT2D eigenvalue weighted by atomic mass is 9.90. The summed E-state index contributed by atoms with van der Waals surface area (Å²) in [5, 5.41) is 6.38. The van der Waals surface area contributed by atoms with E-state index in [2.05, 4.69) is 15.6 Å². The summed E-state index contributed by atoms with van der Waals surface area (Å²) in [6.07, 6.45) is 7.56. The van der Waals surface area contributed by atoms with E-state index in [9.17, 15) is 38.9 Å². The quantitative estimate of drug-likeness (QED) is 0.167. The van der Waals surface area contributed by atoms with Gasteiger partial charge in [0.05, 0.1) is 14.7 Å². The molecule has 52 heavy (non-hydrogen) atoms. The van der Waals surface area contributed by atoms with Crippen molar-refractivity contribution in [2.24, 2.45) is 0 Å². The zero-order valence-corrected chi connectivity index (χ0v) is 29.2. The first-order valence-corrected chi connectivity index (χ1v) is 19.5. The number of nitrogens with one attached hydrogen (secondary N) is 3. The third kappa shape index (κ3) is 8.96. The topological polar surface area (TPSA) is 210 Å². The Morgan fingerprint density at radius 1 is 0.423 bits per heavy atom. The first-order chi connectivity index (χ1) is 24.6. The van der Waals surface area contributed by atoms with E-state index >= 15 is 0 Å². The number of anilines is 4. The van der Waals surface area contributed by atoms with E-state index in [4.69, 9.17) is 0 Å². The largest absolute Gasteiger partial charge is 0.744 e. The molecular weight excluding hydrogens is 727 g/mol. The van der Waals surface area contributed by atoms with Gasteiger partial charge in [0.1, 0.15) is 30.4 Å². The number of hydrogen-bond acceptors (Lipinski definition) is 11. The molecule has 12 nitrogen and oxygen atoms in total. The molecule has 264 valence electrons. The van der Waals surface area contributed by atoms with Crippen LogP contribution in [0.1, 0.15) is 11.1 Å². The van der Waals surface area contributed by atoms with Crippen LogP contribution in [0.15, 0.2) is 166 Å². The molecule has 0 aliphatic heterocycles. The molecule has 0 heterocycles. The Morgan fingerprint density at radius 3 is 1.06 bits per heavy atom. The van der Waals surface area contributed by atoms with Gasteiger partial charge in [-0.1, -0.05) is 24.3 Å². The van der Waals surface area contributed by atoms with Gasteiger partial charge in [-0.2, -0.15) is 0 Å². The van der Waals surface area contributed by atoms with Crippen LogP contribution in [-0.4, -0.2) is 44.6 Å². The van der Waals surface area contributed by atoms with E-state index < -0.39 is 30.4 Å². The lowest BCUT2D eigenvalue weighted by Crippen LogP contribution is -2.65. The van der Waals surface area contributed by atoms with Gasteiger partial charge in [0, 0.05) is 47.0 Å². The second-order valence-electron chi connectivity index (χ2n) is 11.4. The van der Waals surface area contributed by atoms with Crippen molar-refractivity contribution in [2.75, 3.05) is 10.6 Å². The molecule has 15 heteroatoms. The molecule has 0 radical (unpaired) electrons. The van der Waals surface area contributed by atoms with Crippen molar-refractivity contribution in [3.63, 3.8) is 0 Å². The fourth-order valence-corrected chi connectivity index (χ4v) is 6.68. The SMILES string of the molecule is O=S(=O)([O-])c1ccc(Nc2ccc(C(=C3C=CC(=[NH+]c4ccc(S(=O)(=O)[O-])cc4)C=C3)c3ccc(Nc4ccc(S(=O)(=O)[O-])cc4)cc3)cc2)cc1.